The Kier molecular flexibility index (Phi) is 13.2. The second kappa shape index (κ2) is 13.0. The Morgan fingerprint density at radius 1 is 1.00 bits per heavy atom. The molecule has 0 bridgehead atoms. The van der Waals surface area contributed by atoms with Crippen molar-refractivity contribution in [3.63, 3.8) is 0 Å². The van der Waals surface area contributed by atoms with Crippen molar-refractivity contribution < 1.29 is 4.74 Å². The van der Waals surface area contributed by atoms with E-state index in [1.807, 2.05) is 0 Å². The van der Waals surface area contributed by atoms with Gasteiger partial charge >= 0.3 is 131 Å². The third-order valence-corrected chi connectivity index (χ3v) is 18.5. The van der Waals surface area contributed by atoms with Gasteiger partial charge in [-0.25, -0.2) is 0 Å². The Bertz CT molecular complexity index is 240. The van der Waals surface area contributed by atoms with E-state index >= 15 is 0 Å². The van der Waals surface area contributed by atoms with E-state index in [9.17, 15) is 0 Å². The van der Waals surface area contributed by atoms with Crippen molar-refractivity contribution in [2.45, 2.75) is 78.6 Å². The van der Waals surface area contributed by atoms with Crippen molar-refractivity contribution in [3.8, 4) is 12.3 Å². The molecule has 0 aliphatic carbocycles. The maximum atomic E-state index is 5.97. The van der Waals surface area contributed by atoms with Crippen LogP contribution in [0.15, 0.2) is 0 Å². The molecule has 0 heterocycles. The molecule has 0 rings (SSSR count). The van der Waals surface area contributed by atoms with Crippen LogP contribution < -0.4 is 5.73 Å². The monoisotopic (exact) mass is 389 g/mol. The minimum atomic E-state index is -2.12. The molecule has 0 aliphatic rings. The van der Waals surface area contributed by atoms with Gasteiger partial charge in [0.25, 0.3) is 0 Å². The van der Waals surface area contributed by atoms with Crippen molar-refractivity contribution in [1.82, 2.24) is 0 Å². The van der Waals surface area contributed by atoms with Crippen molar-refractivity contribution in [3.05, 3.63) is 0 Å². The fraction of sp³-hybridized carbons (Fsp3) is 0.882. The van der Waals surface area contributed by atoms with Gasteiger partial charge in [-0.1, -0.05) is 0 Å². The van der Waals surface area contributed by atoms with Crippen LogP contribution in [0.2, 0.25) is 13.3 Å². The summed E-state index contributed by atoms with van der Waals surface area (Å²) >= 11 is -2.12. The standard InChI is InChI=1S/C5H8NO.3C4H9.Sn/c1-3-5(6)4-7-2;3*1-3-4-2;/h1,5H,2,4,6H2;3*1,3-4H2,2H3;. The predicted molar refractivity (Wildman–Crippen MR) is 92.5 cm³/mol. The predicted octanol–water partition coefficient (Wildman–Crippen LogP) is 4.35. The molecule has 0 aliphatic heterocycles. The van der Waals surface area contributed by atoms with E-state index < -0.39 is 18.4 Å². The maximum absolute atomic E-state index is 5.97. The summed E-state index contributed by atoms with van der Waals surface area (Å²) in [6, 6.07) is -0.234. The SMILES string of the molecule is C#CC(N)CO[CH2][Sn]([CH2]CCC)([CH2]CCC)[CH2]CCC. The van der Waals surface area contributed by atoms with E-state index in [1.54, 1.807) is 0 Å². The second-order valence-electron chi connectivity index (χ2n) is 6.10. The minimum absolute atomic E-state index is 0.234. The Labute approximate surface area is 131 Å². The molecule has 118 valence electrons. The van der Waals surface area contributed by atoms with E-state index in [-0.39, 0.29) is 6.04 Å². The summed E-state index contributed by atoms with van der Waals surface area (Å²) in [7, 11) is 0. The molecular weight excluding hydrogens is 353 g/mol. The Morgan fingerprint density at radius 2 is 1.45 bits per heavy atom. The summed E-state index contributed by atoms with van der Waals surface area (Å²) in [5.74, 6) is 2.56. The van der Waals surface area contributed by atoms with E-state index in [0.717, 1.165) is 4.62 Å². The van der Waals surface area contributed by atoms with Crippen LogP contribution in [0.1, 0.15) is 59.3 Å². The van der Waals surface area contributed by atoms with Crippen LogP contribution in [0.25, 0.3) is 0 Å². The van der Waals surface area contributed by atoms with Crippen molar-refractivity contribution in [2.24, 2.45) is 5.73 Å². The number of hydrogen-bond acceptors (Lipinski definition) is 2. The van der Waals surface area contributed by atoms with Gasteiger partial charge in [-0.15, -0.1) is 0 Å². The molecule has 0 amide bonds. The van der Waals surface area contributed by atoms with Gasteiger partial charge in [-0.3, -0.25) is 0 Å². The van der Waals surface area contributed by atoms with Crippen LogP contribution in [-0.2, 0) is 4.74 Å². The summed E-state index contributed by atoms with van der Waals surface area (Å²) in [5.41, 5.74) is 5.76. The molecule has 0 aromatic heterocycles. The Balaban J connectivity index is 4.53. The summed E-state index contributed by atoms with van der Waals surface area (Å²) in [6.07, 6.45) is 13.4. The number of ether oxygens (including phenoxy) is 1. The molecule has 0 saturated carbocycles. The van der Waals surface area contributed by atoms with Gasteiger partial charge in [-0.2, -0.15) is 0 Å². The van der Waals surface area contributed by atoms with Crippen molar-refractivity contribution >= 4 is 18.4 Å². The zero-order valence-corrected chi connectivity index (χ0v) is 16.8. The number of rotatable bonds is 13. The third-order valence-electron chi connectivity index (χ3n) is 4.10. The summed E-state index contributed by atoms with van der Waals surface area (Å²) in [4.78, 5) is 0. The zero-order chi connectivity index (χ0) is 15.3. The Morgan fingerprint density at radius 3 is 1.80 bits per heavy atom. The molecule has 0 spiro atoms. The normalized spacial score (nSPS) is 13.2. The fourth-order valence-electron chi connectivity index (χ4n) is 2.70. The van der Waals surface area contributed by atoms with Crippen LogP contribution in [-0.4, -0.2) is 35.6 Å². The molecule has 3 heteroatoms. The van der Waals surface area contributed by atoms with Gasteiger partial charge in [0.1, 0.15) is 0 Å². The molecule has 1 atom stereocenters. The van der Waals surface area contributed by atoms with Crippen LogP contribution in [0.4, 0.5) is 0 Å². The van der Waals surface area contributed by atoms with E-state index in [0.29, 0.717) is 6.61 Å². The van der Waals surface area contributed by atoms with Crippen LogP contribution in [0.5, 0.6) is 0 Å². The average Bonchev–Trinajstić information content (AvgIpc) is 2.48. The molecule has 0 aromatic rings. The van der Waals surface area contributed by atoms with Gasteiger partial charge in [-0.05, 0) is 0 Å². The Hall–Kier alpha value is 0.279. The number of nitrogens with two attached hydrogens (primary N) is 1. The van der Waals surface area contributed by atoms with E-state index in [1.165, 1.54) is 51.8 Å². The molecule has 2 N–H and O–H groups in total. The fourth-order valence-corrected chi connectivity index (χ4v) is 17.1. The van der Waals surface area contributed by atoms with Crippen LogP contribution >= 0.6 is 0 Å². The molecule has 20 heavy (non-hydrogen) atoms. The first kappa shape index (κ1) is 20.3. The summed E-state index contributed by atoms with van der Waals surface area (Å²) in [5, 5.41) is 0. The van der Waals surface area contributed by atoms with E-state index in [4.69, 9.17) is 16.9 Å². The van der Waals surface area contributed by atoms with Gasteiger partial charge in [0, 0.05) is 0 Å². The molecule has 0 aromatic carbocycles. The first-order valence-electron chi connectivity index (χ1n) is 8.43. The summed E-state index contributed by atoms with van der Waals surface area (Å²) < 4.78 is 11.4. The third kappa shape index (κ3) is 9.26. The molecular formula is C17H35NOSn. The number of hydrogen-bond donors (Lipinski definition) is 1. The molecule has 0 radical (unpaired) electrons. The summed E-state index contributed by atoms with van der Waals surface area (Å²) in [6.45, 7) is 7.43. The van der Waals surface area contributed by atoms with Gasteiger partial charge in [0.05, 0.1) is 0 Å². The topological polar surface area (TPSA) is 35.2 Å². The molecule has 2 nitrogen and oxygen atoms in total. The van der Waals surface area contributed by atoms with Crippen molar-refractivity contribution in [2.75, 3.05) is 11.2 Å². The van der Waals surface area contributed by atoms with Crippen LogP contribution in [0, 0.1) is 12.3 Å². The molecule has 0 saturated heterocycles. The molecule has 1 unspecified atom stereocenters. The van der Waals surface area contributed by atoms with Crippen molar-refractivity contribution in [1.29, 1.82) is 0 Å². The van der Waals surface area contributed by atoms with E-state index in [2.05, 4.69) is 26.7 Å². The first-order valence-corrected chi connectivity index (χ1v) is 16.5. The van der Waals surface area contributed by atoms with Gasteiger partial charge in [0.15, 0.2) is 0 Å². The molecule has 0 fully saturated rings. The average molecular weight is 388 g/mol. The van der Waals surface area contributed by atoms with Gasteiger partial charge in [0.2, 0.25) is 0 Å². The number of terminal acetylenes is 1. The quantitative estimate of drug-likeness (QED) is 0.376. The first-order chi connectivity index (χ1) is 9.64. The zero-order valence-electron chi connectivity index (χ0n) is 13.9. The van der Waals surface area contributed by atoms with Crippen LogP contribution in [0.3, 0.4) is 0 Å². The second-order valence-corrected chi connectivity index (χ2v) is 19.8. The number of unbranched alkanes of at least 4 members (excludes halogenated alkanes) is 3. The van der Waals surface area contributed by atoms with Gasteiger partial charge < -0.3 is 0 Å².